The summed E-state index contributed by atoms with van der Waals surface area (Å²) in [5.74, 6) is 3.67. The van der Waals surface area contributed by atoms with E-state index in [1.54, 1.807) is 11.1 Å². The smallest absolute Gasteiger partial charge is 0.0618 e. The molecule has 0 bridgehead atoms. The lowest BCUT2D eigenvalue weighted by atomic mass is 9.11. The first-order chi connectivity index (χ1) is 30.1. The summed E-state index contributed by atoms with van der Waals surface area (Å²) in [7, 11) is 0. The Bertz CT molecular complexity index is 3170. The van der Waals surface area contributed by atoms with Crippen LogP contribution in [0, 0.1) is 36.0 Å². The highest BCUT2D eigenvalue weighted by atomic mass is 15.1. The number of fused-ring (bicyclic) bond motifs is 9. The molecule has 61 heavy (non-hydrogen) atoms. The Hall–Kier alpha value is -6.70. The third-order valence-electron chi connectivity index (χ3n) is 16.6. The van der Waals surface area contributed by atoms with E-state index in [0.717, 1.165) is 35.0 Å². The van der Waals surface area contributed by atoms with Gasteiger partial charge in [-0.2, -0.15) is 0 Å². The van der Waals surface area contributed by atoms with Crippen LogP contribution in [0.25, 0.3) is 66.1 Å². The van der Waals surface area contributed by atoms with Crippen LogP contribution in [-0.2, 0) is 5.41 Å². The molecule has 290 valence electrons. The van der Waals surface area contributed by atoms with E-state index in [2.05, 4.69) is 206 Å². The zero-order valence-corrected chi connectivity index (χ0v) is 34.4. The number of aryl methyl sites for hydroxylation is 1. The normalized spacial score (nSPS) is 24.4. The minimum Gasteiger partial charge on any atom is -0.309 e. The van der Waals surface area contributed by atoms with E-state index in [0.29, 0.717) is 5.41 Å². The number of benzene rings is 9. The fourth-order valence-electron chi connectivity index (χ4n) is 14.2. The Labute approximate surface area is 358 Å². The summed E-state index contributed by atoms with van der Waals surface area (Å²) < 4.78 is 0. The summed E-state index contributed by atoms with van der Waals surface area (Å²) in [5.41, 5.74) is 19.3. The molecule has 0 radical (unpaired) electrons. The van der Waals surface area contributed by atoms with Gasteiger partial charge in [0.05, 0.1) is 5.69 Å². The largest absolute Gasteiger partial charge is 0.309 e. The lowest BCUT2D eigenvalue weighted by Gasteiger charge is -2.92. The molecule has 0 amide bonds. The highest BCUT2D eigenvalue weighted by Gasteiger charge is 2.90. The van der Waals surface area contributed by atoms with E-state index in [1.807, 2.05) is 0 Å². The van der Waals surface area contributed by atoms with Crippen molar-refractivity contribution < 1.29 is 0 Å². The van der Waals surface area contributed by atoms with Crippen molar-refractivity contribution in [1.29, 1.82) is 0 Å². The lowest BCUT2D eigenvalue weighted by Crippen LogP contribution is -2.88. The number of anilines is 3. The molecule has 0 heterocycles. The van der Waals surface area contributed by atoms with Crippen molar-refractivity contribution in [3.8, 4) is 44.5 Å². The number of nitrogens with zero attached hydrogens (tertiary/aromatic N) is 1. The van der Waals surface area contributed by atoms with Gasteiger partial charge in [-0.25, -0.2) is 0 Å². The zero-order chi connectivity index (χ0) is 40.0. The summed E-state index contributed by atoms with van der Waals surface area (Å²) in [5, 5.41) is 5.05. The average Bonchev–Trinajstić information content (AvgIpc) is 3.59. The molecule has 0 saturated heterocycles. The molecule has 0 N–H and O–H groups in total. The van der Waals surface area contributed by atoms with Crippen molar-refractivity contribution in [3.63, 3.8) is 0 Å². The van der Waals surface area contributed by atoms with Crippen LogP contribution in [0.1, 0.15) is 36.0 Å². The molecule has 4 unspecified atom stereocenters. The second-order valence-corrected chi connectivity index (χ2v) is 18.9. The predicted octanol–water partition coefficient (Wildman–Crippen LogP) is 15.7. The van der Waals surface area contributed by atoms with E-state index < -0.39 is 0 Å². The Morgan fingerprint density at radius 1 is 0.410 bits per heavy atom. The maximum Gasteiger partial charge on any atom is 0.0618 e. The molecule has 9 aromatic rings. The van der Waals surface area contributed by atoms with Crippen molar-refractivity contribution in [3.05, 3.63) is 211 Å². The standard InChI is InChI=1S/C60H45N/c1-37-19-21-39(22-20-37)41-25-30-46(31-26-41)61(45-28-23-40(24-29-45)38-11-3-2-4-12-38)58-50-16-7-5-14-48(50)57(49-15-6-8-17-51(49)58)42-27-32-54-52(33-42)47-13-9-10-18-53(47)60(54)55-35-43-34-44-36-56(60)59(43,44)55/h2-33,43-44,55-56H,34-36H2,1H3. The molecule has 14 rings (SSSR count). The van der Waals surface area contributed by atoms with E-state index in [1.165, 1.54) is 96.6 Å². The van der Waals surface area contributed by atoms with Crippen molar-refractivity contribution in [2.75, 3.05) is 4.90 Å². The third-order valence-corrected chi connectivity index (χ3v) is 16.6. The summed E-state index contributed by atoms with van der Waals surface area (Å²) in [6.45, 7) is 2.15. The first kappa shape index (κ1) is 34.1. The van der Waals surface area contributed by atoms with Crippen LogP contribution < -0.4 is 4.90 Å². The Balaban J connectivity index is 0.964. The van der Waals surface area contributed by atoms with E-state index >= 15 is 0 Å². The average molecular weight is 780 g/mol. The number of rotatable bonds is 6. The van der Waals surface area contributed by atoms with Crippen molar-refractivity contribution in [2.45, 2.75) is 31.6 Å². The lowest BCUT2D eigenvalue weighted by molar-refractivity contribution is -0.412. The van der Waals surface area contributed by atoms with Crippen molar-refractivity contribution in [2.24, 2.45) is 29.1 Å². The van der Waals surface area contributed by atoms with Crippen LogP contribution in [0.2, 0.25) is 0 Å². The van der Waals surface area contributed by atoms with Gasteiger partial charge in [0, 0.05) is 27.6 Å². The Morgan fingerprint density at radius 2 is 0.885 bits per heavy atom. The molecule has 1 heteroatoms. The zero-order valence-electron chi connectivity index (χ0n) is 34.4. The third kappa shape index (κ3) is 4.27. The number of hydrogen-bond acceptors (Lipinski definition) is 1. The first-order valence-electron chi connectivity index (χ1n) is 22.4. The molecule has 4 fully saturated rings. The second-order valence-electron chi connectivity index (χ2n) is 18.9. The first-order valence-corrected chi connectivity index (χ1v) is 22.4. The minimum atomic E-state index is 0.220. The van der Waals surface area contributed by atoms with Gasteiger partial charge in [0.25, 0.3) is 0 Å². The van der Waals surface area contributed by atoms with Gasteiger partial charge in [-0.3, -0.25) is 0 Å². The van der Waals surface area contributed by atoms with Crippen LogP contribution in [-0.4, -0.2) is 0 Å². The maximum absolute atomic E-state index is 2.58. The van der Waals surface area contributed by atoms with Crippen LogP contribution in [0.5, 0.6) is 0 Å². The number of hydrogen-bond donors (Lipinski definition) is 0. The molecule has 5 aliphatic carbocycles. The van der Waals surface area contributed by atoms with Gasteiger partial charge in [0.2, 0.25) is 0 Å². The van der Waals surface area contributed by atoms with Crippen molar-refractivity contribution in [1.82, 2.24) is 0 Å². The Kier molecular flexibility index (Phi) is 6.81. The molecular weight excluding hydrogens is 735 g/mol. The molecule has 0 aliphatic heterocycles. The van der Waals surface area contributed by atoms with Gasteiger partial charge in [-0.05, 0) is 152 Å². The molecular formula is C60H45N. The predicted molar refractivity (Wildman–Crippen MR) is 254 cm³/mol. The van der Waals surface area contributed by atoms with Gasteiger partial charge in [-0.15, -0.1) is 0 Å². The SMILES string of the molecule is Cc1ccc(-c2ccc(N(c3ccc(-c4ccccc4)cc3)c3c4ccccc4c(-c4ccc5c(c4)-c4ccccc4C54C5CC6CC7CC4C675)c4ccccc34)cc2)cc1. The van der Waals surface area contributed by atoms with E-state index in [-0.39, 0.29) is 5.41 Å². The second kappa shape index (κ2) is 12.2. The molecule has 5 aliphatic rings. The quantitative estimate of drug-likeness (QED) is 0.152. The molecule has 4 atom stereocenters. The summed E-state index contributed by atoms with van der Waals surface area (Å²) in [6, 6.07) is 73.3. The Morgan fingerprint density at radius 3 is 1.48 bits per heavy atom. The van der Waals surface area contributed by atoms with Gasteiger partial charge in [0.15, 0.2) is 0 Å². The molecule has 1 nitrogen and oxygen atoms in total. The van der Waals surface area contributed by atoms with Gasteiger partial charge < -0.3 is 4.90 Å². The summed E-state index contributed by atoms with van der Waals surface area (Å²) >= 11 is 0. The minimum absolute atomic E-state index is 0.220. The van der Waals surface area contributed by atoms with E-state index in [9.17, 15) is 0 Å². The summed E-state index contributed by atoms with van der Waals surface area (Å²) in [4.78, 5) is 2.50. The molecule has 4 saturated carbocycles. The molecule has 9 aromatic carbocycles. The van der Waals surface area contributed by atoms with Gasteiger partial charge >= 0.3 is 0 Å². The topological polar surface area (TPSA) is 3.24 Å². The van der Waals surface area contributed by atoms with Crippen LogP contribution in [0.4, 0.5) is 17.1 Å². The fourth-order valence-corrected chi connectivity index (χ4v) is 14.2. The van der Waals surface area contributed by atoms with Crippen LogP contribution >= 0.6 is 0 Å². The molecule has 0 aromatic heterocycles. The monoisotopic (exact) mass is 779 g/mol. The van der Waals surface area contributed by atoms with Gasteiger partial charge in [-0.1, -0.05) is 169 Å². The van der Waals surface area contributed by atoms with Gasteiger partial charge in [0.1, 0.15) is 0 Å². The summed E-state index contributed by atoms with van der Waals surface area (Å²) in [6.07, 6.45) is 4.36. The molecule has 2 spiro atoms. The fraction of sp³-hybridized carbons (Fsp3) is 0.167. The highest BCUT2D eigenvalue weighted by molar-refractivity contribution is 6.22. The van der Waals surface area contributed by atoms with Crippen LogP contribution in [0.15, 0.2) is 194 Å². The van der Waals surface area contributed by atoms with Crippen molar-refractivity contribution >= 4 is 38.6 Å². The van der Waals surface area contributed by atoms with Crippen LogP contribution in [0.3, 0.4) is 0 Å². The maximum atomic E-state index is 2.58. The highest BCUT2D eigenvalue weighted by Crippen LogP contribution is 2.94. The van der Waals surface area contributed by atoms with E-state index in [4.69, 9.17) is 0 Å².